The fourth-order valence-corrected chi connectivity index (χ4v) is 3.36. The molecule has 0 fully saturated rings. The van der Waals surface area contributed by atoms with Crippen LogP contribution in [0.3, 0.4) is 0 Å². The molecule has 1 atom stereocenters. The molecule has 0 saturated heterocycles. The van der Waals surface area contributed by atoms with Crippen molar-refractivity contribution >= 4 is 12.1 Å². The molecule has 0 radical (unpaired) electrons. The fraction of sp³-hybridized carbons (Fsp3) is 0.321. The van der Waals surface area contributed by atoms with Gasteiger partial charge in [-0.05, 0) is 39.2 Å². The molecule has 8 nitrogen and oxygen atoms in total. The van der Waals surface area contributed by atoms with Crippen LogP contribution in [-0.4, -0.2) is 51.4 Å². The predicted octanol–water partition coefficient (Wildman–Crippen LogP) is 4.57. The Balaban J connectivity index is 0.000000212. The average Bonchev–Trinajstić information content (AvgIpc) is 3.40. The van der Waals surface area contributed by atoms with E-state index in [1.54, 1.807) is 31.0 Å². The molecule has 0 bridgehead atoms. The van der Waals surface area contributed by atoms with Gasteiger partial charge in [0.1, 0.15) is 11.4 Å². The lowest BCUT2D eigenvalue weighted by Gasteiger charge is -2.11. The third kappa shape index (κ3) is 8.09. The van der Waals surface area contributed by atoms with Gasteiger partial charge in [0.05, 0.1) is 25.1 Å². The van der Waals surface area contributed by atoms with E-state index in [1.165, 1.54) is 11.6 Å². The molecule has 1 aromatic carbocycles. The predicted molar refractivity (Wildman–Crippen MR) is 145 cm³/mol. The van der Waals surface area contributed by atoms with E-state index in [-0.39, 0.29) is 11.5 Å². The summed E-state index contributed by atoms with van der Waals surface area (Å²) in [7, 11) is 1.75. The zero-order chi connectivity index (χ0) is 25.8. The molecular weight excluding hydrogens is 452 g/mol. The van der Waals surface area contributed by atoms with Crippen LogP contribution < -0.4 is 5.43 Å². The van der Waals surface area contributed by atoms with Crippen molar-refractivity contribution in [3.05, 3.63) is 100 Å². The Kier molecular flexibility index (Phi) is 10.3. The Morgan fingerprint density at radius 3 is 2.67 bits per heavy atom. The van der Waals surface area contributed by atoms with Crippen LogP contribution in [0.5, 0.6) is 0 Å². The van der Waals surface area contributed by atoms with Crippen LogP contribution >= 0.6 is 0 Å². The number of benzene rings is 1. The maximum absolute atomic E-state index is 11.2. The van der Waals surface area contributed by atoms with Gasteiger partial charge in [-0.2, -0.15) is 10.2 Å². The number of amidine groups is 1. The van der Waals surface area contributed by atoms with E-state index in [0.29, 0.717) is 12.3 Å². The van der Waals surface area contributed by atoms with Gasteiger partial charge in [0.15, 0.2) is 5.84 Å². The second-order valence-corrected chi connectivity index (χ2v) is 8.23. The molecule has 36 heavy (non-hydrogen) atoms. The summed E-state index contributed by atoms with van der Waals surface area (Å²) in [6.07, 6.45) is 15.8. The molecule has 2 aromatic heterocycles. The van der Waals surface area contributed by atoms with Crippen LogP contribution in [0.15, 0.2) is 93.6 Å². The van der Waals surface area contributed by atoms with Gasteiger partial charge < -0.3 is 4.74 Å². The third-order valence-electron chi connectivity index (χ3n) is 5.42. The van der Waals surface area contributed by atoms with Crippen molar-refractivity contribution < 1.29 is 4.74 Å². The van der Waals surface area contributed by atoms with E-state index in [9.17, 15) is 4.79 Å². The molecule has 4 rings (SSSR count). The summed E-state index contributed by atoms with van der Waals surface area (Å²) in [6, 6.07) is 11.5. The maximum atomic E-state index is 11.2. The lowest BCUT2D eigenvalue weighted by Crippen LogP contribution is -2.13. The topological polar surface area (TPSA) is 86.7 Å². The third-order valence-corrected chi connectivity index (χ3v) is 5.42. The van der Waals surface area contributed by atoms with Gasteiger partial charge >= 0.3 is 0 Å². The lowest BCUT2D eigenvalue weighted by atomic mass is 10.1. The van der Waals surface area contributed by atoms with Crippen LogP contribution in [0.4, 0.5) is 0 Å². The molecule has 1 aliphatic rings. The zero-order valence-corrected chi connectivity index (χ0v) is 21.4. The molecule has 188 valence electrons. The largest absolute Gasteiger partial charge is 0.368 e. The SMILES string of the molecule is CCn1cc(-n2ccc(=O)c(C)n2)cn1.CN=C(N=CC(C)OCC1=CCCC=C1)c1ccccc1. The molecule has 0 aliphatic heterocycles. The maximum Gasteiger partial charge on any atom is 0.203 e. The first-order chi connectivity index (χ1) is 17.5. The Hall–Kier alpha value is -3.91. The van der Waals surface area contributed by atoms with Crippen molar-refractivity contribution in [2.75, 3.05) is 13.7 Å². The number of hydrogen-bond acceptors (Lipinski definition) is 5. The smallest absolute Gasteiger partial charge is 0.203 e. The van der Waals surface area contributed by atoms with Crippen molar-refractivity contribution in [3.8, 4) is 5.69 Å². The molecule has 3 aromatic rings. The first-order valence-corrected chi connectivity index (χ1v) is 12.1. The highest BCUT2D eigenvalue weighted by atomic mass is 16.5. The van der Waals surface area contributed by atoms with E-state index in [4.69, 9.17) is 4.74 Å². The van der Waals surface area contributed by atoms with Crippen LogP contribution in [-0.2, 0) is 11.3 Å². The highest BCUT2D eigenvalue weighted by Crippen LogP contribution is 2.10. The summed E-state index contributed by atoms with van der Waals surface area (Å²) in [6.45, 7) is 7.16. The summed E-state index contributed by atoms with van der Waals surface area (Å²) in [5, 5.41) is 8.28. The number of allylic oxidation sites excluding steroid dienone is 2. The van der Waals surface area contributed by atoms with E-state index in [0.717, 1.165) is 36.5 Å². The van der Waals surface area contributed by atoms with Crippen molar-refractivity contribution in [1.82, 2.24) is 19.6 Å². The summed E-state index contributed by atoms with van der Waals surface area (Å²) in [5.41, 5.74) is 3.56. The van der Waals surface area contributed by atoms with Crippen LogP contribution in [0.1, 0.15) is 37.9 Å². The Bertz CT molecular complexity index is 1280. The van der Waals surface area contributed by atoms with Gasteiger partial charge in [-0.1, -0.05) is 48.6 Å². The van der Waals surface area contributed by atoms with Gasteiger partial charge in [-0.25, -0.2) is 9.67 Å². The van der Waals surface area contributed by atoms with Gasteiger partial charge in [0.2, 0.25) is 5.43 Å². The summed E-state index contributed by atoms with van der Waals surface area (Å²) < 4.78 is 9.25. The van der Waals surface area contributed by atoms with E-state index >= 15 is 0 Å². The second-order valence-electron chi connectivity index (χ2n) is 8.23. The molecule has 0 amide bonds. The Morgan fingerprint density at radius 2 is 2.03 bits per heavy atom. The van der Waals surface area contributed by atoms with Crippen LogP contribution in [0.25, 0.3) is 5.69 Å². The minimum atomic E-state index is -0.0471. The van der Waals surface area contributed by atoms with Crippen molar-refractivity contribution in [2.45, 2.75) is 46.3 Å². The summed E-state index contributed by atoms with van der Waals surface area (Å²) in [4.78, 5) is 19.8. The van der Waals surface area contributed by atoms with E-state index in [2.05, 4.69) is 38.4 Å². The summed E-state index contributed by atoms with van der Waals surface area (Å²) in [5.74, 6) is 0.725. The van der Waals surface area contributed by atoms with Gasteiger partial charge in [0.25, 0.3) is 0 Å². The summed E-state index contributed by atoms with van der Waals surface area (Å²) >= 11 is 0. The number of nitrogens with zero attached hydrogens (tertiary/aromatic N) is 6. The Morgan fingerprint density at radius 1 is 1.22 bits per heavy atom. The second kappa shape index (κ2) is 13.8. The van der Waals surface area contributed by atoms with Crippen LogP contribution in [0, 0.1) is 6.92 Å². The fourth-order valence-electron chi connectivity index (χ4n) is 3.36. The zero-order valence-electron chi connectivity index (χ0n) is 21.4. The highest BCUT2D eigenvalue weighted by molar-refractivity contribution is 6.03. The van der Waals surface area contributed by atoms with Crippen molar-refractivity contribution in [2.24, 2.45) is 9.98 Å². The van der Waals surface area contributed by atoms with Gasteiger partial charge in [-0.15, -0.1) is 0 Å². The molecule has 1 aliphatic carbocycles. The molecule has 2 heterocycles. The molecular formula is C28H34N6O2. The molecule has 0 spiro atoms. The van der Waals surface area contributed by atoms with Gasteiger partial charge in [-0.3, -0.25) is 14.5 Å². The molecule has 0 saturated carbocycles. The first-order valence-electron chi connectivity index (χ1n) is 12.1. The number of aryl methyl sites for hydroxylation is 2. The quantitative estimate of drug-likeness (QED) is 0.362. The van der Waals surface area contributed by atoms with Crippen LogP contribution in [0.2, 0.25) is 0 Å². The average molecular weight is 487 g/mol. The number of rotatable bonds is 7. The molecule has 8 heteroatoms. The first kappa shape index (κ1) is 26.7. The van der Waals surface area contributed by atoms with E-state index < -0.39 is 0 Å². The van der Waals surface area contributed by atoms with E-state index in [1.807, 2.05) is 61.3 Å². The Labute approximate surface area is 212 Å². The standard InChI is InChI=1S/C18H22N2O.C10H12N4O/c1-15(21-14-16-9-5-3-6-10-16)13-20-18(19-2)17-11-7-4-8-12-17;1-3-13-7-9(6-11-13)14-5-4-10(15)8(2)12-14/h4-5,7-13,15H,3,6,14H2,1-2H3;4-7H,3H2,1-2H3. The molecule has 0 N–H and O–H groups in total. The van der Waals surface area contributed by atoms with Crippen molar-refractivity contribution in [3.63, 3.8) is 0 Å². The molecule has 1 unspecified atom stereocenters. The number of ether oxygens (including phenoxy) is 1. The minimum absolute atomic E-state index is 0.0401. The van der Waals surface area contributed by atoms with Gasteiger partial charge in [0, 0.05) is 37.6 Å². The number of aromatic nitrogens is 4. The highest BCUT2D eigenvalue weighted by Gasteiger charge is 2.04. The normalized spacial score (nSPS) is 14.3. The van der Waals surface area contributed by atoms with Crippen molar-refractivity contribution in [1.29, 1.82) is 0 Å². The lowest BCUT2D eigenvalue weighted by molar-refractivity contribution is 0.135. The monoisotopic (exact) mass is 486 g/mol. The number of hydrogen-bond donors (Lipinski definition) is 0. The minimum Gasteiger partial charge on any atom is -0.368 e. The number of aliphatic imine (C=N–C) groups is 2.